The van der Waals surface area contributed by atoms with Crippen molar-refractivity contribution in [3.63, 3.8) is 0 Å². The molecule has 3 N–H and O–H groups in total. The fraction of sp³-hybridized carbons (Fsp3) is 0.364. The second-order valence-corrected chi connectivity index (χ2v) is 4.45. The number of aromatic carboxylic acids is 1. The molecule has 1 aliphatic carbocycles. The van der Waals surface area contributed by atoms with Crippen LogP contribution in [0.25, 0.3) is 0 Å². The Hall–Kier alpha value is -1.63. The molecule has 0 atom stereocenters. The van der Waals surface area contributed by atoms with Crippen molar-refractivity contribution in [2.45, 2.75) is 24.8 Å². The molecule has 1 aromatic rings. The van der Waals surface area contributed by atoms with Crippen molar-refractivity contribution < 1.29 is 27.5 Å². The largest absolute Gasteiger partial charge is 0.477 e. The summed E-state index contributed by atoms with van der Waals surface area (Å²) in [6, 6.07) is 0. The van der Waals surface area contributed by atoms with Crippen molar-refractivity contribution >= 4 is 5.97 Å². The van der Waals surface area contributed by atoms with E-state index in [4.69, 9.17) is 10.8 Å². The van der Waals surface area contributed by atoms with Crippen LogP contribution >= 0.6 is 0 Å². The molecule has 0 radical (unpaired) electrons. The van der Waals surface area contributed by atoms with E-state index in [1.165, 1.54) is 0 Å². The first-order chi connectivity index (χ1) is 8.27. The molecule has 1 aliphatic rings. The van der Waals surface area contributed by atoms with Crippen molar-refractivity contribution in [1.82, 2.24) is 0 Å². The third-order valence-corrected chi connectivity index (χ3v) is 2.99. The van der Waals surface area contributed by atoms with Crippen LogP contribution in [0.3, 0.4) is 0 Å². The average molecular weight is 263 g/mol. The first-order valence-electron chi connectivity index (χ1n) is 5.14. The Morgan fingerprint density at radius 1 is 1.11 bits per heavy atom. The molecule has 0 bridgehead atoms. The quantitative estimate of drug-likeness (QED) is 0.647. The lowest BCUT2D eigenvalue weighted by Gasteiger charge is -2.13. The van der Waals surface area contributed by atoms with E-state index in [2.05, 4.69) is 0 Å². The zero-order valence-corrected chi connectivity index (χ0v) is 9.07. The highest BCUT2D eigenvalue weighted by Crippen LogP contribution is 2.38. The predicted molar refractivity (Wildman–Crippen MR) is 53.1 cm³/mol. The fourth-order valence-corrected chi connectivity index (χ4v) is 1.71. The van der Waals surface area contributed by atoms with Gasteiger partial charge in [-0.15, -0.1) is 0 Å². The van der Waals surface area contributed by atoms with Crippen LogP contribution < -0.4 is 5.73 Å². The zero-order valence-electron chi connectivity index (χ0n) is 9.07. The number of carbonyl (C=O) groups is 1. The second-order valence-electron chi connectivity index (χ2n) is 4.45. The molecule has 98 valence electrons. The Balaban J connectivity index is 2.58. The maximum absolute atomic E-state index is 13.5. The van der Waals surface area contributed by atoms with E-state index in [9.17, 15) is 22.4 Å². The first-order valence-corrected chi connectivity index (χ1v) is 5.14. The standard InChI is InChI=1S/C11H9F4NO2/c12-6-4(3-11(16)1-2-11)7(13)9(15)5(8(6)14)10(17)18/h1-3,16H2,(H,17,18). The van der Waals surface area contributed by atoms with Crippen LogP contribution in [0, 0.1) is 23.3 Å². The summed E-state index contributed by atoms with van der Waals surface area (Å²) in [5, 5.41) is 8.49. The van der Waals surface area contributed by atoms with E-state index in [0.717, 1.165) is 0 Å². The number of halogens is 4. The number of carboxylic acids is 1. The average Bonchev–Trinajstić information content (AvgIpc) is 3.00. The van der Waals surface area contributed by atoms with Crippen molar-refractivity contribution in [2.24, 2.45) is 5.73 Å². The molecule has 0 aliphatic heterocycles. The maximum Gasteiger partial charge on any atom is 0.341 e. The van der Waals surface area contributed by atoms with Gasteiger partial charge in [-0.05, 0) is 19.3 Å². The lowest BCUT2D eigenvalue weighted by molar-refractivity contribution is 0.0683. The Kier molecular flexibility index (Phi) is 2.81. The van der Waals surface area contributed by atoms with Gasteiger partial charge in [0, 0.05) is 11.1 Å². The van der Waals surface area contributed by atoms with Gasteiger partial charge >= 0.3 is 5.97 Å². The van der Waals surface area contributed by atoms with Crippen LogP contribution in [0.1, 0.15) is 28.8 Å². The molecule has 1 fully saturated rings. The van der Waals surface area contributed by atoms with E-state index in [-0.39, 0.29) is 6.42 Å². The highest BCUT2D eigenvalue weighted by Gasteiger charge is 2.41. The number of rotatable bonds is 3. The molecule has 0 spiro atoms. The summed E-state index contributed by atoms with van der Waals surface area (Å²) >= 11 is 0. The minimum Gasteiger partial charge on any atom is -0.477 e. The SMILES string of the molecule is NC1(Cc2c(F)c(F)c(C(=O)O)c(F)c2F)CC1. The van der Waals surface area contributed by atoms with E-state index in [1.54, 1.807) is 0 Å². The third-order valence-electron chi connectivity index (χ3n) is 2.99. The summed E-state index contributed by atoms with van der Waals surface area (Å²) in [4.78, 5) is 10.5. The van der Waals surface area contributed by atoms with Crippen LogP contribution in [0.4, 0.5) is 17.6 Å². The summed E-state index contributed by atoms with van der Waals surface area (Å²) in [6.07, 6.45) is 0.629. The predicted octanol–water partition coefficient (Wildman–Crippen LogP) is 1.98. The molecule has 7 heteroatoms. The molecule has 0 unspecified atom stereocenters. The van der Waals surface area contributed by atoms with Crippen molar-refractivity contribution in [3.8, 4) is 0 Å². The van der Waals surface area contributed by atoms with Gasteiger partial charge in [0.2, 0.25) is 0 Å². The number of nitrogens with two attached hydrogens (primary N) is 1. The van der Waals surface area contributed by atoms with Gasteiger partial charge in [0.1, 0.15) is 5.56 Å². The summed E-state index contributed by atoms with van der Waals surface area (Å²) in [5.41, 5.74) is 2.30. The van der Waals surface area contributed by atoms with E-state index in [1.807, 2.05) is 0 Å². The monoisotopic (exact) mass is 263 g/mol. The molecule has 0 aromatic heterocycles. The zero-order chi connectivity index (χ0) is 13.7. The van der Waals surface area contributed by atoms with Gasteiger partial charge in [0.05, 0.1) is 0 Å². The van der Waals surface area contributed by atoms with Gasteiger partial charge < -0.3 is 10.8 Å². The number of carboxylic acid groups (broad SMARTS) is 1. The molecule has 18 heavy (non-hydrogen) atoms. The molecular formula is C11H9F4NO2. The minimum atomic E-state index is -2.07. The lowest BCUT2D eigenvalue weighted by Crippen LogP contribution is -2.27. The Morgan fingerprint density at radius 2 is 1.56 bits per heavy atom. The molecule has 2 rings (SSSR count). The fourth-order valence-electron chi connectivity index (χ4n) is 1.71. The summed E-state index contributed by atoms with van der Waals surface area (Å²) in [5.74, 6) is -9.25. The normalized spacial score (nSPS) is 16.7. The third kappa shape index (κ3) is 1.94. The topological polar surface area (TPSA) is 63.3 Å². The Bertz CT molecular complexity index is 511. The molecule has 1 saturated carbocycles. The van der Waals surface area contributed by atoms with Crippen LogP contribution in [0.15, 0.2) is 0 Å². The first kappa shape index (κ1) is 12.8. The lowest BCUT2D eigenvalue weighted by atomic mass is 10.0. The molecular weight excluding hydrogens is 254 g/mol. The second kappa shape index (κ2) is 3.94. The van der Waals surface area contributed by atoms with Gasteiger partial charge in [-0.3, -0.25) is 0 Å². The molecule has 0 amide bonds. The number of hydrogen-bond donors (Lipinski definition) is 2. The highest BCUT2D eigenvalue weighted by atomic mass is 19.2. The van der Waals surface area contributed by atoms with Crippen molar-refractivity contribution in [3.05, 3.63) is 34.4 Å². The van der Waals surface area contributed by atoms with E-state index < -0.39 is 45.9 Å². The highest BCUT2D eigenvalue weighted by molar-refractivity contribution is 5.88. The van der Waals surface area contributed by atoms with Gasteiger partial charge in [0.15, 0.2) is 23.3 Å². The van der Waals surface area contributed by atoms with Crippen molar-refractivity contribution in [1.29, 1.82) is 0 Å². The number of benzene rings is 1. The van der Waals surface area contributed by atoms with Gasteiger partial charge in [-0.25, -0.2) is 22.4 Å². The van der Waals surface area contributed by atoms with E-state index >= 15 is 0 Å². The smallest absolute Gasteiger partial charge is 0.341 e. The summed E-state index contributed by atoms with van der Waals surface area (Å²) in [6.45, 7) is 0. The van der Waals surface area contributed by atoms with Crippen LogP contribution in [-0.2, 0) is 6.42 Å². The van der Waals surface area contributed by atoms with Crippen molar-refractivity contribution in [2.75, 3.05) is 0 Å². The van der Waals surface area contributed by atoms with Crippen LogP contribution in [-0.4, -0.2) is 16.6 Å². The molecule has 3 nitrogen and oxygen atoms in total. The number of hydrogen-bond acceptors (Lipinski definition) is 2. The van der Waals surface area contributed by atoms with Crippen LogP contribution in [0.2, 0.25) is 0 Å². The molecule has 0 saturated heterocycles. The van der Waals surface area contributed by atoms with Crippen LogP contribution in [0.5, 0.6) is 0 Å². The van der Waals surface area contributed by atoms with Gasteiger partial charge in [-0.1, -0.05) is 0 Å². The minimum absolute atomic E-state index is 0.363. The van der Waals surface area contributed by atoms with E-state index in [0.29, 0.717) is 12.8 Å². The summed E-state index contributed by atoms with van der Waals surface area (Å²) in [7, 11) is 0. The van der Waals surface area contributed by atoms with Gasteiger partial charge in [0.25, 0.3) is 0 Å². The van der Waals surface area contributed by atoms with Gasteiger partial charge in [-0.2, -0.15) is 0 Å². The summed E-state index contributed by atoms with van der Waals surface area (Å²) < 4.78 is 53.7. The Labute approximate surface area is 99.2 Å². The maximum atomic E-state index is 13.5. The molecule has 0 heterocycles. The molecule has 1 aromatic carbocycles. The Morgan fingerprint density at radius 3 is 1.89 bits per heavy atom.